The average Bonchev–Trinajstić information content (AvgIpc) is 3.36. The number of carbonyl (C=O) groups is 1. The standard InChI is InChI=1S/C21H20ClFN6O3/c22-15-2-1-14(7-16(15)23)31-8-17(30)26-21-9-20(10-21,11-21)19-28-27-18(32-19)12-5-13(6-12)29-24-3-4-25-29/h1-4,7,12-13H,5-6,8-11H2,(H,26,30). The number of hydrogen-bond donors (Lipinski definition) is 1. The highest BCUT2D eigenvalue weighted by Crippen LogP contribution is 2.67. The van der Waals surface area contributed by atoms with Crippen molar-refractivity contribution in [3.05, 3.63) is 53.2 Å². The molecule has 1 N–H and O–H groups in total. The highest BCUT2D eigenvalue weighted by molar-refractivity contribution is 6.30. The molecule has 11 heteroatoms. The third-order valence-electron chi connectivity index (χ3n) is 6.82. The molecule has 2 aromatic heterocycles. The van der Waals surface area contributed by atoms with Gasteiger partial charge in [0.1, 0.15) is 11.6 Å². The van der Waals surface area contributed by atoms with Gasteiger partial charge in [-0.05, 0) is 44.2 Å². The van der Waals surface area contributed by atoms with Crippen LogP contribution in [-0.4, -0.2) is 43.2 Å². The maximum atomic E-state index is 13.5. The van der Waals surface area contributed by atoms with E-state index in [1.165, 1.54) is 12.1 Å². The van der Waals surface area contributed by atoms with Crippen molar-refractivity contribution < 1.29 is 18.3 Å². The molecule has 4 aliphatic carbocycles. The largest absolute Gasteiger partial charge is 0.484 e. The van der Waals surface area contributed by atoms with Crippen molar-refractivity contribution in [3.63, 3.8) is 0 Å². The SMILES string of the molecule is O=C(COc1ccc(Cl)c(F)c1)NC12CC(c3nnc(C4CC(n5nccn5)C4)o3)(C1)C2. The van der Waals surface area contributed by atoms with Gasteiger partial charge in [0, 0.05) is 17.5 Å². The van der Waals surface area contributed by atoms with Crippen molar-refractivity contribution in [2.45, 2.75) is 55.0 Å². The number of aromatic nitrogens is 5. The molecule has 7 rings (SSSR count). The number of halogens is 2. The second-order valence-electron chi connectivity index (χ2n) is 9.12. The zero-order valence-electron chi connectivity index (χ0n) is 17.0. The van der Waals surface area contributed by atoms with Gasteiger partial charge in [-0.1, -0.05) is 11.6 Å². The number of amides is 1. The number of nitrogens with zero attached hydrogens (tertiary/aromatic N) is 5. The molecule has 1 aromatic carbocycles. The van der Waals surface area contributed by atoms with E-state index in [9.17, 15) is 9.18 Å². The van der Waals surface area contributed by atoms with Gasteiger partial charge in [-0.2, -0.15) is 15.0 Å². The van der Waals surface area contributed by atoms with Gasteiger partial charge in [0.2, 0.25) is 11.8 Å². The molecule has 2 bridgehead atoms. The minimum atomic E-state index is -0.583. The van der Waals surface area contributed by atoms with Crippen molar-refractivity contribution in [2.24, 2.45) is 0 Å². The third kappa shape index (κ3) is 3.16. The number of benzene rings is 1. The van der Waals surface area contributed by atoms with Crippen LogP contribution in [0.3, 0.4) is 0 Å². The van der Waals surface area contributed by atoms with E-state index in [2.05, 4.69) is 25.7 Å². The zero-order chi connectivity index (χ0) is 21.9. The minimum Gasteiger partial charge on any atom is -0.484 e. The van der Waals surface area contributed by atoms with Crippen molar-refractivity contribution in [2.75, 3.05) is 6.61 Å². The van der Waals surface area contributed by atoms with E-state index in [1.54, 1.807) is 17.2 Å². The lowest BCUT2D eigenvalue weighted by molar-refractivity contribution is -0.143. The molecule has 32 heavy (non-hydrogen) atoms. The molecule has 2 heterocycles. The number of ether oxygens (including phenoxy) is 1. The lowest BCUT2D eigenvalue weighted by atomic mass is 9.39. The van der Waals surface area contributed by atoms with Crippen LogP contribution in [0.15, 0.2) is 35.0 Å². The Hall–Kier alpha value is -3.01. The van der Waals surface area contributed by atoms with Gasteiger partial charge in [-0.3, -0.25) is 4.79 Å². The maximum Gasteiger partial charge on any atom is 0.258 e. The first-order valence-electron chi connectivity index (χ1n) is 10.5. The first-order valence-corrected chi connectivity index (χ1v) is 10.9. The second kappa shape index (κ2) is 6.99. The molecular weight excluding hydrogens is 439 g/mol. The topological polar surface area (TPSA) is 108 Å². The van der Waals surface area contributed by atoms with Crippen LogP contribution in [0.5, 0.6) is 5.75 Å². The average molecular weight is 459 g/mol. The Morgan fingerprint density at radius 1 is 1.25 bits per heavy atom. The Kier molecular flexibility index (Phi) is 4.30. The summed E-state index contributed by atoms with van der Waals surface area (Å²) in [6, 6.07) is 4.36. The van der Waals surface area contributed by atoms with Crippen LogP contribution in [0.1, 0.15) is 55.8 Å². The summed E-state index contributed by atoms with van der Waals surface area (Å²) in [6.45, 7) is -0.186. The summed E-state index contributed by atoms with van der Waals surface area (Å²) in [5.74, 6) is 1.01. The Morgan fingerprint density at radius 2 is 2.00 bits per heavy atom. The van der Waals surface area contributed by atoms with Crippen molar-refractivity contribution in [1.82, 2.24) is 30.5 Å². The summed E-state index contributed by atoms with van der Waals surface area (Å²) >= 11 is 5.65. The molecule has 1 amide bonds. The molecule has 9 nitrogen and oxygen atoms in total. The van der Waals surface area contributed by atoms with E-state index in [1.807, 2.05) is 0 Å². The molecule has 4 saturated carbocycles. The van der Waals surface area contributed by atoms with Crippen LogP contribution in [0.2, 0.25) is 5.02 Å². The van der Waals surface area contributed by atoms with Gasteiger partial charge in [0.25, 0.3) is 5.91 Å². The summed E-state index contributed by atoms with van der Waals surface area (Å²) in [6.07, 6.45) is 7.45. The normalized spacial score (nSPS) is 30.1. The highest BCUT2D eigenvalue weighted by atomic mass is 35.5. The van der Waals surface area contributed by atoms with Gasteiger partial charge in [-0.15, -0.1) is 10.2 Å². The van der Waals surface area contributed by atoms with E-state index in [-0.39, 0.29) is 46.2 Å². The summed E-state index contributed by atoms with van der Waals surface area (Å²) in [4.78, 5) is 14.0. The Bertz CT molecular complexity index is 1160. The van der Waals surface area contributed by atoms with E-state index in [0.717, 1.165) is 38.2 Å². The first-order chi connectivity index (χ1) is 15.4. The molecule has 0 unspecified atom stereocenters. The number of rotatable bonds is 7. The predicted octanol–water partition coefficient (Wildman–Crippen LogP) is 2.94. The summed E-state index contributed by atoms with van der Waals surface area (Å²) < 4.78 is 24.9. The van der Waals surface area contributed by atoms with E-state index < -0.39 is 5.82 Å². The van der Waals surface area contributed by atoms with E-state index >= 15 is 0 Å². The quantitative estimate of drug-likeness (QED) is 0.579. The van der Waals surface area contributed by atoms with E-state index in [4.69, 9.17) is 20.8 Å². The Balaban J connectivity index is 0.993. The van der Waals surface area contributed by atoms with Crippen molar-refractivity contribution in [3.8, 4) is 5.75 Å². The van der Waals surface area contributed by atoms with Crippen LogP contribution < -0.4 is 10.1 Å². The van der Waals surface area contributed by atoms with Crippen LogP contribution in [0, 0.1) is 5.82 Å². The minimum absolute atomic E-state index is 0.0113. The fourth-order valence-corrected chi connectivity index (χ4v) is 5.32. The smallest absolute Gasteiger partial charge is 0.258 e. The summed E-state index contributed by atoms with van der Waals surface area (Å²) in [7, 11) is 0. The molecular formula is C21H20ClFN6O3. The molecule has 166 valence electrons. The van der Waals surface area contributed by atoms with Gasteiger partial charge >= 0.3 is 0 Å². The van der Waals surface area contributed by atoms with Crippen molar-refractivity contribution in [1.29, 1.82) is 0 Å². The monoisotopic (exact) mass is 458 g/mol. The Morgan fingerprint density at radius 3 is 2.72 bits per heavy atom. The van der Waals surface area contributed by atoms with Gasteiger partial charge in [0.15, 0.2) is 6.61 Å². The zero-order valence-corrected chi connectivity index (χ0v) is 17.8. The fraction of sp³-hybridized carbons (Fsp3) is 0.476. The lowest BCUT2D eigenvalue weighted by Crippen LogP contribution is -2.77. The number of nitrogens with one attached hydrogen (secondary N) is 1. The summed E-state index contributed by atoms with van der Waals surface area (Å²) in [5, 5.41) is 20.0. The van der Waals surface area contributed by atoms with E-state index in [0.29, 0.717) is 11.8 Å². The van der Waals surface area contributed by atoms with Crippen LogP contribution in [0.25, 0.3) is 0 Å². The first kappa shape index (κ1) is 19.7. The molecule has 0 spiro atoms. The molecule has 4 aliphatic rings. The second-order valence-corrected chi connectivity index (χ2v) is 9.53. The molecule has 0 atom stereocenters. The van der Waals surface area contributed by atoms with Gasteiger partial charge in [-0.25, -0.2) is 4.39 Å². The maximum absolute atomic E-state index is 13.5. The summed E-state index contributed by atoms with van der Waals surface area (Å²) in [5.41, 5.74) is -0.376. The lowest BCUT2D eigenvalue weighted by Gasteiger charge is -2.68. The number of hydrogen-bond acceptors (Lipinski definition) is 7. The molecule has 4 fully saturated rings. The Labute approximate surface area is 187 Å². The highest BCUT2D eigenvalue weighted by Gasteiger charge is 2.71. The van der Waals surface area contributed by atoms with Crippen LogP contribution >= 0.6 is 11.6 Å². The van der Waals surface area contributed by atoms with Crippen LogP contribution in [-0.2, 0) is 10.2 Å². The fourth-order valence-electron chi connectivity index (χ4n) is 5.20. The van der Waals surface area contributed by atoms with Gasteiger partial charge < -0.3 is 14.5 Å². The molecule has 0 radical (unpaired) electrons. The molecule has 0 saturated heterocycles. The number of carbonyl (C=O) groups excluding carboxylic acids is 1. The predicted molar refractivity (Wildman–Crippen MR) is 109 cm³/mol. The van der Waals surface area contributed by atoms with Gasteiger partial charge in [0.05, 0.1) is 28.9 Å². The molecule has 0 aliphatic heterocycles. The molecule has 3 aromatic rings. The van der Waals surface area contributed by atoms with Crippen LogP contribution in [0.4, 0.5) is 4.39 Å². The van der Waals surface area contributed by atoms with Crippen molar-refractivity contribution >= 4 is 17.5 Å². The third-order valence-corrected chi connectivity index (χ3v) is 7.12.